The van der Waals surface area contributed by atoms with E-state index in [2.05, 4.69) is 4.98 Å². The SMILES string of the molecule is Cc1ncc(C(N)Cc2ccc(F)cc2F)s1. The molecule has 1 heterocycles. The van der Waals surface area contributed by atoms with Crippen molar-refractivity contribution in [1.82, 2.24) is 4.98 Å². The Labute approximate surface area is 102 Å². The Morgan fingerprint density at radius 3 is 2.76 bits per heavy atom. The van der Waals surface area contributed by atoms with Crippen molar-refractivity contribution >= 4 is 11.3 Å². The third-order valence-electron chi connectivity index (χ3n) is 2.46. The summed E-state index contributed by atoms with van der Waals surface area (Å²) in [5, 5.41) is 0.926. The van der Waals surface area contributed by atoms with Crippen molar-refractivity contribution in [3.8, 4) is 0 Å². The van der Waals surface area contributed by atoms with Crippen LogP contribution in [-0.2, 0) is 6.42 Å². The average Bonchev–Trinajstić information content (AvgIpc) is 2.69. The molecule has 2 N–H and O–H groups in total. The molecule has 0 aliphatic heterocycles. The number of nitrogens with zero attached hydrogens (tertiary/aromatic N) is 1. The summed E-state index contributed by atoms with van der Waals surface area (Å²) in [4.78, 5) is 5.01. The van der Waals surface area contributed by atoms with Crippen molar-refractivity contribution in [2.45, 2.75) is 19.4 Å². The summed E-state index contributed by atoms with van der Waals surface area (Å²) in [6.07, 6.45) is 2.04. The molecule has 0 spiro atoms. The molecule has 2 rings (SSSR count). The maximum atomic E-state index is 13.4. The second-order valence-electron chi connectivity index (χ2n) is 3.83. The molecule has 5 heteroatoms. The number of benzene rings is 1. The molecule has 2 nitrogen and oxygen atoms in total. The fraction of sp³-hybridized carbons (Fsp3) is 0.250. The first-order valence-electron chi connectivity index (χ1n) is 5.18. The van der Waals surface area contributed by atoms with Gasteiger partial charge in [0.05, 0.1) is 5.01 Å². The highest BCUT2D eigenvalue weighted by Gasteiger charge is 2.13. The van der Waals surface area contributed by atoms with E-state index in [4.69, 9.17) is 5.73 Å². The van der Waals surface area contributed by atoms with Crippen LogP contribution in [0.25, 0.3) is 0 Å². The van der Waals surface area contributed by atoms with Crippen molar-refractivity contribution in [2.24, 2.45) is 5.73 Å². The predicted molar refractivity (Wildman–Crippen MR) is 63.8 cm³/mol. The topological polar surface area (TPSA) is 38.9 Å². The van der Waals surface area contributed by atoms with E-state index in [0.717, 1.165) is 16.0 Å². The second kappa shape index (κ2) is 4.89. The van der Waals surface area contributed by atoms with Crippen LogP contribution < -0.4 is 5.73 Å². The molecule has 17 heavy (non-hydrogen) atoms. The summed E-state index contributed by atoms with van der Waals surface area (Å²) in [5.41, 5.74) is 6.38. The van der Waals surface area contributed by atoms with Gasteiger partial charge in [0.2, 0.25) is 0 Å². The predicted octanol–water partition coefficient (Wildman–Crippen LogP) is 2.97. The zero-order valence-electron chi connectivity index (χ0n) is 9.28. The Morgan fingerprint density at radius 2 is 2.18 bits per heavy atom. The Hall–Kier alpha value is -1.33. The zero-order chi connectivity index (χ0) is 12.4. The minimum atomic E-state index is -0.576. The standard InChI is InChI=1S/C12H12F2N2S/c1-7-16-6-12(17-7)11(15)4-8-2-3-9(13)5-10(8)14/h2-3,5-6,11H,4,15H2,1H3. The highest BCUT2D eigenvalue weighted by atomic mass is 32.1. The molecule has 0 aliphatic rings. The number of rotatable bonds is 3. The first kappa shape index (κ1) is 12.1. The monoisotopic (exact) mass is 254 g/mol. The molecular weight excluding hydrogens is 242 g/mol. The summed E-state index contributed by atoms with van der Waals surface area (Å²) in [5.74, 6) is -1.13. The van der Waals surface area contributed by atoms with Gasteiger partial charge in [0, 0.05) is 23.2 Å². The molecule has 90 valence electrons. The quantitative estimate of drug-likeness (QED) is 0.914. The largest absolute Gasteiger partial charge is 0.323 e. The van der Waals surface area contributed by atoms with E-state index in [-0.39, 0.29) is 6.04 Å². The molecule has 1 unspecified atom stereocenters. The smallest absolute Gasteiger partial charge is 0.129 e. The summed E-state index contributed by atoms with van der Waals surface area (Å²) >= 11 is 1.49. The molecule has 0 radical (unpaired) electrons. The fourth-order valence-electron chi connectivity index (χ4n) is 1.57. The van der Waals surface area contributed by atoms with Crippen molar-refractivity contribution < 1.29 is 8.78 Å². The molecule has 1 aromatic heterocycles. The van der Waals surface area contributed by atoms with Crippen LogP contribution in [0.5, 0.6) is 0 Å². The van der Waals surface area contributed by atoms with Crippen molar-refractivity contribution in [3.63, 3.8) is 0 Å². The molecule has 0 fully saturated rings. The highest BCUT2D eigenvalue weighted by molar-refractivity contribution is 7.11. The van der Waals surface area contributed by atoms with Gasteiger partial charge in [-0.2, -0.15) is 0 Å². The van der Waals surface area contributed by atoms with Crippen molar-refractivity contribution in [2.75, 3.05) is 0 Å². The van der Waals surface area contributed by atoms with E-state index >= 15 is 0 Å². The molecule has 0 bridgehead atoms. The fourth-order valence-corrected chi connectivity index (χ4v) is 2.36. The Morgan fingerprint density at radius 1 is 1.41 bits per heavy atom. The van der Waals surface area contributed by atoms with Gasteiger partial charge in [-0.3, -0.25) is 0 Å². The summed E-state index contributed by atoms with van der Waals surface area (Å²) in [6.45, 7) is 1.89. The van der Waals surface area contributed by atoms with E-state index < -0.39 is 11.6 Å². The molecule has 2 aromatic rings. The maximum absolute atomic E-state index is 13.4. The number of thiazole rings is 1. The van der Waals surface area contributed by atoms with Crippen LogP contribution in [0.15, 0.2) is 24.4 Å². The lowest BCUT2D eigenvalue weighted by molar-refractivity contribution is 0.564. The van der Waals surface area contributed by atoms with Gasteiger partial charge >= 0.3 is 0 Å². The minimum Gasteiger partial charge on any atom is -0.323 e. The normalized spacial score (nSPS) is 12.7. The lowest BCUT2D eigenvalue weighted by Gasteiger charge is -2.09. The van der Waals surface area contributed by atoms with Crippen LogP contribution >= 0.6 is 11.3 Å². The third kappa shape index (κ3) is 2.87. The van der Waals surface area contributed by atoms with Crippen molar-refractivity contribution in [3.05, 3.63) is 51.5 Å². The number of aryl methyl sites for hydroxylation is 1. The van der Waals surface area contributed by atoms with E-state index in [9.17, 15) is 8.78 Å². The molecule has 0 aliphatic carbocycles. The van der Waals surface area contributed by atoms with E-state index in [0.29, 0.717) is 12.0 Å². The van der Waals surface area contributed by atoms with Gasteiger partial charge in [0.15, 0.2) is 0 Å². The lowest BCUT2D eigenvalue weighted by atomic mass is 10.1. The number of hydrogen-bond donors (Lipinski definition) is 1. The van der Waals surface area contributed by atoms with Gasteiger partial charge in [0.25, 0.3) is 0 Å². The Bertz CT molecular complexity index is 525. The molecule has 0 amide bonds. The lowest BCUT2D eigenvalue weighted by Crippen LogP contribution is -2.12. The van der Waals surface area contributed by atoms with Crippen LogP contribution in [0.2, 0.25) is 0 Å². The summed E-state index contributed by atoms with van der Waals surface area (Å²) < 4.78 is 26.2. The Balaban J connectivity index is 2.15. The van der Waals surface area contributed by atoms with Gasteiger partial charge in [-0.1, -0.05) is 6.07 Å². The van der Waals surface area contributed by atoms with Crippen LogP contribution in [-0.4, -0.2) is 4.98 Å². The first-order chi connectivity index (χ1) is 8.06. The first-order valence-corrected chi connectivity index (χ1v) is 6.00. The molecule has 1 aromatic carbocycles. The van der Waals surface area contributed by atoms with Gasteiger partial charge < -0.3 is 5.73 Å². The second-order valence-corrected chi connectivity index (χ2v) is 5.09. The van der Waals surface area contributed by atoms with Gasteiger partial charge in [-0.15, -0.1) is 11.3 Å². The van der Waals surface area contributed by atoms with Crippen LogP contribution in [0, 0.1) is 18.6 Å². The minimum absolute atomic E-state index is 0.304. The number of halogens is 2. The van der Waals surface area contributed by atoms with Gasteiger partial charge in [-0.05, 0) is 25.0 Å². The third-order valence-corrected chi connectivity index (χ3v) is 3.50. The molecule has 0 saturated carbocycles. The van der Waals surface area contributed by atoms with Crippen molar-refractivity contribution in [1.29, 1.82) is 0 Å². The van der Waals surface area contributed by atoms with Gasteiger partial charge in [-0.25, -0.2) is 13.8 Å². The van der Waals surface area contributed by atoms with Crippen LogP contribution in [0.4, 0.5) is 8.78 Å². The zero-order valence-corrected chi connectivity index (χ0v) is 10.1. The molecule has 0 saturated heterocycles. The number of nitrogens with two attached hydrogens (primary N) is 1. The summed E-state index contributed by atoms with van der Waals surface area (Å²) in [6, 6.07) is 3.24. The maximum Gasteiger partial charge on any atom is 0.129 e. The summed E-state index contributed by atoms with van der Waals surface area (Å²) in [7, 11) is 0. The molecule has 1 atom stereocenters. The average molecular weight is 254 g/mol. The van der Waals surface area contributed by atoms with Crippen LogP contribution in [0.3, 0.4) is 0 Å². The molecular formula is C12H12F2N2S. The van der Waals surface area contributed by atoms with E-state index in [1.54, 1.807) is 6.20 Å². The Kier molecular flexibility index (Phi) is 3.49. The van der Waals surface area contributed by atoms with E-state index in [1.165, 1.54) is 23.5 Å². The van der Waals surface area contributed by atoms with Gasteiger partial charge in [0.1, 0.15) is 11.6 Å². The number of aromatic nitrogens is 1. The van der Waals surface area contributed by atoms with E-state index in [1.807, 2.05) is 6.92 Å². The highest BCUT2D eigenvalue weighted by Crippen LogP contribution is 2.23. The number of hydrogen-bond acceptors (Lipinski definition) is 3. The van der Waals surface area contributed by atoms with Crippen LogP contribution in [0.1, 0.15) is 21.5 Å².